The second-order valence-electron chi connectivity index (χ2n) is 3.77. The topological polar surface area (TPSA) is 61.6 Å². The van der Waals surface area contributed by atoms with Gasteiger partial charge >= 0.3 is 0 Å². The van der Waals surface area contributed by atoms with Gasteiger partial charge in [-0.25, -0.2) is 9.97 Å². The van der Waals surface area contributed by atoms with Crippen LogP contribution in [-0.2, 0) is 0 Å². The molecule has 4 heteroatoms. The molecule has 0 saturated carbocycles. The molecule has 4 nitrogen and oxygen atoms in total. The Kier molecular flexibility index (Phi) is 3.01. The predicted octanol–water partition coefficient (Wildman–Crippen LogP) is 2.71. The first-order valence-electron chi connectivity index (χ1n) is 5.26. The molecule has 0 fully saturated rings. The molecule has 1 aromatic carbocycles. The van der Waals surface area contributed by atoms with Gasteiger partial charge in [0, 0.05) is 11.8 Å². The van der Waals surface area contributed by atoms with Gasteiger partial charge < -0.3 is 5.32 Å². The quantitative estimate of drug-likeness (QED) is 0.851. The predicted molar refractivity (Wildman–Crippen MR) is 65.9 cm³/mol. The zero-order valence-corrected chi connectivity index (χ0v) is 9.73. The molecule has 0 saturated heterocycles. The van der Waals surface area contributed by atoms with Crippen LogP contribution < -0.4 is 5.32 Å². The Hall–Kier alpha value is -2.41. The normalized spacial score (nSPS) is 9.71. The van der Waals surface area contributed by atoms with Gasteiger partial charge in [-0.2, -0.15) is 5.26 Å². The number of aryl methyl sites for hydroxylation is 1. The summed E-state index contributed by atoms with van der Waals surface area (Å²) in [6.07, 6.45) is 1.38. The van der Waals surface area contributed by atoms with Gasteiger partial charge in [0.25, 0.3) is 0 Å². The molecule has 0 atom stereocenters. The molecule has 1 aromatic heterocycles. The summed E-state index contributed by atoms with van der Waals surface area (Å²) in [6, 6.07) is 9.64. The van der Waals surface area contributed by atoms with Crippen LogP contribution in [0.15, 0.2) is 30.6 Å². The number of nitrogens with one attached hydrogen (secondary N) is 1. The fourth-order valence-electron chi connectivity index (χ4n) is 1.51. The van der Waals surface area contributed by atoms with E-state index in [-0.39, 0.29) is 0 Å². The van der Waals surface area contributed by atoms with E-state index in [2.05, 4.69) is 28.3 Å². The van der Waals surface area contributed by atoms with E-state index in [1.807, 2.05) is 25.1 Å². The maximum Gasteiger partial charge on any atom is 0.145 e. The third kappa shape index (κ3) is 2.40. The van der Waals surface area contributed by atoms with E-state index in [4.69, 9.17) is 5.26 Å². The Morgan fingerprint density at radius 3 is 2.82 bits per heavy atom. The lowest BCUT2D eigenvalue weighted by Crippen LogP contribution is -1.98. The van der Waals surface area contributed by atoms with E-state index in [0.29, 0.717) is 11.5 Å². The number of hydrogen-bond donors (Lipinski definition) is 1. The number of rotatable bonds is 2. The van der Waals surface area contributed by atoms with Gasteiger partial charge in [-0.3, -0.25) is 0 Å². The highest BCUT2D eigenvalue weighted by molar-refractivity contribution is 5.62. The Balaban J connectivity index is 2.32. The highest BCUT2D eigenvalue weighted by Crippen LogP contribution is 2.21. The molecule has 17 heavy (non-hydrogen) atoms. The minimum atomic E-state index is 0.354. The van der Waals surface area contributed by atoms with Crippen LogP contribution in [0.3, 0.4) is 0 Å². The fourth-order valence-corrected chi connectivity index (χ4v) is 1.51. The molecule has 2 rings (SSSR count). The molecule has 1 N–H and O–H groups in total. The molecule has 84 valence electrons. The summed E-state index contributed by atoms with van der Waals surface area (Å²) in [5, 5.41) is 11.9. The maximum atomic E-state index is 8.76. The molecule has 0 unspecified atom stereocenters. The van der Waals surface area contributed by atoms with Crippen LogP contribution in [0.4, 0.5) is 11.5 Å². The number of benzene rings is 1. The molecule has 0 aliphatic carbocycles. The zero-order valence-electron chi connectivity index (χ0n) is 9.73. The summed E-state index contributed by atoms with van der Waals surface area (Å²) in [7, 11) is 0. The molecule has 1 heterocycles. The number of nitriles is 1. The largest absolute Gasteiger partial charge is 0.340 e. The van der Waals surface area contributed by atoms with Crippen molar-refractivity contribution in [3.63, 3.8) is 0 Å². The number of anilines is 2. The van der Waals surface area contributed by atoms with Crippen molar-refractivity contribution in [3.05, 3.63) is 47.4 Å². The first-order valence-corrected chi connectivity index (χ1v) is 5.26. The lowest BCUT2D eigenvalue weighted by molar-refractivity contribution is 1.14. The molecular weight excluding hydrogens is 212 g/mol. The van der Waals surface area contributed by atoms with Crippen LogP contribution in [0, 0.1) is 25.2 Å². The molecule has 2 aromatic rings. The van der Waals surface area contributed by atoms with Gasteiger partial charge in [0.1, 0.15) is 23.9 Å². The van der Waals surface area contributed by atoms with Gasteiger partial charge in [-0.1, -0.05) is 12.1 Å². The molecule has 0 bridgehead atoms. The summed E-state index contributed by atoms with van der Waals surface area (Å²) in [4.78, 5) is 7.91. The summed E-state index contributed by atoms with van der Waals surface area (Å²) < 4.78 is 0. The molecular formula is C13H12N4. The van der Waals surface area contributed by atoms with Crippen LogP contribution in [0.25, 0.3) is 0 Å². The first kappa shape index (κ1) is 11.1. The summed E-state index contributed by atoms with van der Waals surface area (Å²) in [5.74, 6) is 0.630. The summed E-state index contributed by atoms with van der Waals surface area (Å²) >= 11 is 0. The second kappa shape index (κ2) is 4.62. The van der Waals surface area contributed by atoms with E-state index >= 15 is 0 Å². The monoisotopic (exact) mass is 224 g/mol. The van der Waals surface area contributed by atoms with Crippen molar-refractivity contribution < 1.29 is 0 Å². The highest BCUT2D eigenvalue weighted by Gasteiger charge is 2.02. The fraction of sp³-hybridized carbons (Fsp3) is 0.154. The zero-order chi connectivity index (χ0) is 12.3. The van der Waals surface area contributed by atoms with Gasteiger partial charge in [0.2, 0.25) is 0 Å². The Bertz CT molecular complexity index is 584. The van der Waals surface area contributed by atoms with Crippen molar-refractivity contribution in [2.45, 2.75) is 13.8 Å². The molecule has 0 aliphatic rings. The van der Waals surface area contributed by atoms with Crippen molar-refractivity contribution in [2.24, 2.45) is 0 Å². The highest BCUT2D eigenvalue weighted by atomic mass is 15.0. The van der Waals surface area contributed by atoms with E-state index in [1.165, 1.54) is 17.5 Å². The molecule has 0 aliphatic heterocycles. The second-order valence-corrected chi connectivity index (χ2v) is 3.77. The number of nitrogens with zero attached hydrogens (tertiary/aromatic N) is 3. The van der Waals surface area contributed by atoms with Crippen LogP contribution in [0.1, 0.15) is 16.8 Å². The van der Waals surface area contributed by atoms with Crippen molar-refractivity contribution in [3.8, 4) is 6.07 Å². The Labute approximate surface area is 100.0 Å². The minimum Gasteiger partial charge on any atom is -0.340 e. The van der Waals surface area contributed by atoms with Crippen molar-refractivity contribution in [1.82, 2.24) is 9.97 Å². The lowest BCUT2D eigenvalue weighted by Gasteiger charge is -2.10. The van der Waals surface area contributed by atoms with Gasteiger partial charge in [0.15, 0.2) is 0 Å². The van der Waals surface area contributed by atoms with Crippen molar-refractivity contribution in [1.29, 1.82) is 5.26 Å². The van der Waals surface area contributed by atoms with Crippen LogP contribution in [0.5, 0.6) is 0 Å². The van der Waals surface area contributed by atoms with Gasteiger partial charge in [0.05, 0.1) is 0 Å². The number of aromatic nitrogens is 2. The number of hydrogen-bond acceptors (Lipinski definition) is 4. The third-order valence-electron chi connectivity index (χ3n) is 2.65. The van der Waals surface area contributed by atoms with Crippen LogP contribution in [0.2, 0.25) is 0 Å². The molecule has 0 spiro atoms. The molecule has 0 amide bonds. The SMILES string of the molecule is Cc1cccc(Nc2cc(C#N)ncn2)c1C. The van der Waals surface area contributed by atoms with E-state index in [1.54, 1.807) is 6.07 Å². The van der Waals surface area contributed by atoms with Crippen LogP contribution >= 0.6 is 0 Å². The first-order chi connectivity index (χ1) is 8.20. The average Bonchev–Trinajstić information content (AvgIpc) is 2.35. The molecule has 0 radical (unpaired) electrons. The minimum absolute atomic E-state index is 0.354. The van der Waals surface area contributed by atoms with E-state index in [0.717, 1.165) is 5.69 Å². The maximum absolute atomic E-state index is 8.76. The van der Waals surface area contributed by atoms with Gasteiger partial charge in [-0.05, 0) is 31.0 Å². The average molecular weight is 224 g/mol. The van der Waals surface area contributed by atoms with Crippen molar-refractivity contribution in [2.75, 3.05) is 5.32 Å². The van der Waals surface area contributed by atoms with E-state index in [9.17, 15) is 0 Å². The standard InChI is InChI=1S/C13H12N4/c1-9-4-3-5-12(10(9)2)17-13-6-11(7-14)15-8-16-13/h3-6,8H,1-2H3,(H,15,16,17). The summed E-state index contributed by atoms with van der Waals surface area (Å²) in [6.45, 7) is 4.10. The van der Waals surface area contributed by atoms with Crippen LogP contribution in [-0.4, -0.2) is 9.97 Å². The summed E-state index contributed by atoms with van der Waals surface area (Å²) in [5.41, 5.74) is 3.73. The third-order valence-corrected chi connectivity index (χ3v) is 2.65. The Morgan fingerprint density at radius 1 is 1.24 bits per heavy atom. The Morgan fingerprint density at radius 2 is 2.06 bits per heavy atom. The van der Waals surface area contributed by atoms with Gasteiger partial charge in [-0.15, -0.1) is 0 Å². The smallest absolute Gasteiger partial charge is 0.145 e. The van der Waals surface area contributed by atoms with Crippen molar-refractivity contribution >= 4 is 11.5 Å². The van der Waals surface area contributed by atoms with E-state index < -0.39 is 0 Å². The lowest BCUT2D eigenvalue weighted by atomic mass is 10.1.